The fraction of sp³-hybridized carbons (Fsp3) is 0.154. The Labute approximate surface area is 121 Å². The molecule has 19 heavy (non-hydrogen) atoms. The van der Waals surface area contributed by atoms with Crippen molar-refractivity contribution in [3.8, 4) is 0 Å². The first kappa shape index (κ1) is 13.8. The molecule has 0 N–H and O–H groups in total. The topological polar surface area (TPSA) is 46.1 Å². The highest BCUT2D eigenvalue weighted by Gasteiger charge is 2.16. The molecule has 4 nitrogen and oxygen atoms in total. The lowest BCUT2D eigenvalue weighted by Gasteiger charge is -2.17. The normalized spacial score (nSPS) is 10.3. The second-order valence-corrected chi connectivity index (χ2v) is 4.74. The zero-order valence-electron chi connectivity index (χ0n) is 10.2. The summed E-state index contributed by atoms with van der Waals surface area (Å²) in [4.78, 5) is 21.6. The Morgan fingerprint density at radius 1 is 1.32 bits per heavy atom. The van der Waals surface area contributed by atoms with Crippen molar-refractivity contribution in [3.63, 3.8) is 0 Å². The molecule has 2 aromatic heterocycles. The molecule has 2 rings (SSSR count). The molecule has 2 heterocycles. The lowest BCUT2D eigenvalue weighted by Crippen LogP contribution is -2.26. The van der Waals surface area contributed by atoms with Crippen molar-refractivity contribution in [1.82, 2.24) is 14.9 Å². The van der Waals surface area contributed by atoms with Crippen LogP contribution in [0.4, 0.5) is 0 Å². The molecule has 2 aromatic rings. The highest BCUT2D eigenvalue weighted by atomic mass is 35.5. The Hall–Kier alpha value is -1.65. The van der Waals surface area contributed by atoms with Gasteiger partial charge in [-0.3, -0.25) is 9.78 Å². The molecular weight excluding hydrogens is 285 g/mol. The van der Waals surface area contributed by atoms with Crippen molar-refractivity contribution in [3.05, 3.63) is 58.1 Å². The van der Waals surface area contributed by atoms with Gasteiger partial charge in [-0.15, -0.1) is 0 Å². The second kappa shape index (κ2) is 5.99. The van der Waals surface area contributed by atoms with Gasteiger partial charge in [-0.05, 0) is 23.8 Å². The lowest BCUT2D eigenvalue weighted by molar-refractivity contribution is 0.0785. The van der Waals surface area contributed by atoms with E-state index in [2.05, 4.69) is 9.97 Å². The molecule has 6 heteroatoms. The maximum atomic E-state index is 12.2. The highest BCUT2D eigenvalue weighted by Crippen LogP contribution is 2.18. The van der Waals surface area contributed by atoms with Gasteiger partial charge >= 0.3 is 0 Å². The molecule has 0 aliphatic heterocycles. The molecule has 1 amide bonds. The summed E-state index contributed by atoms with van der Waals surface area (Å²) >= 11 is 11.6. The van der Waals surface area contributed by atoms with Gasteiger partial charge < -0.3 is 4.90 Å². The van der Waals surface area contributed by atoms with Crippen LogP contribution in [-0.4, -0.2) is 27.8 Å². The largest absolute Gasteiger partial charge is 0.337 e. The van der Waals surface area contributed by atoms with Crippen molar-refractivity contribution in [2.24, 2.45) is 0 Å². The first-order valence-corrected chi connectivity index (χ1v) is 6.30. The average molecular weight is 296 g/mol. The van der Waals surface area contributed by atoms with Crippen molar-refractivity contribution < 1.29 is 4.79 Å². The lowest BCUT2D eigenvalue weighted by atomic mass is 10.2. The highest BCUT2D eigenvalue weighted by molar-refractivity contribution is 6.34. The Morgan fingerprint density at radius 2 is 2.11 bits per heavy atom. The fourth-order valence-electron chi connectivity index (χ4n) is 1.61. The number of pyridine rings is 2. The van der Waals surface area contributed by atoms with Gasteiger partial charge in [0.15, 0.2) is 0 Å². The molecule has 0 unspecified atom stereocenters. The zero-order valence-corrected chi connectivity index (χ0v) is 11.7. The first-order chi connectivity index (χ1) is 9.08. The maximum Gasteiger partial charge on any atom is 0.257 e. The van der Waals surface area contributed by atoms with Crippen LogP contribution in [0.25, 0.3) is 0 Å². The van der Waals surface area contributed by atoms with Crippen molar-refractivity contribution >= 4 is 29.1 Å². The molecule has 0 radical (unpaired) electrons. The predicted molar refractivity (Wildman–Crippen MR) is 74.3 cm³/mol. The minimum Gasteiger partial charge on any atom is -0.337 e. The first-order valence-electron chi connectivity index (χ1n) is 5.54. The number of carbonyl (C=O) groups excluding carboxylic acids is 1. The standard InChI is InChI=1S/C13H11Cl2N3O/c1-18(8-9-3-2-6-16-7-9)13(19)10-4-5-11(14)17-12(10)15/h2-7H,8H2,1H3. The Balaban J connectivity index is 2.15. The summed E-state index contributed by atoms with van der Waals surface area (Å²) in [5.41, 5.74) is 1.27. The summed E-state index contributed by atoms with van der Waals surface area (Å²) in [5, 5.41) is 0.368. The number of carbonyl (C=O) groups is 1. The number of halogens is 2. The van der Waals surface area contributed by atoms with E-state index in [9.17, 15) is 4.79 Å². The predicted octanol–water partition coefficient (Wildman–Crippen LogP) is 3.06. The van der Waals surface area contributed by atoms with Gasteiger partial charge in [0, 0.05) is 26.0 Å². The summed E-state index contributed by atoms with van der Waals surface area (Å²) in [6.45, 7) is 0.450. The Morgan fingerprint density at radius 3 is 2.74 bits per heavy atom. The van der Waals surface area contributed by atoms with Gasteiger partial charge in [0.25, 0.3) is 5.91 Å². The van der Waals surface area contributed by atoms with Gasteiger partial charge in [-0.25, -0.2) is 4.98 Å². The third-order valence-electron chi connectivity index (χ3n) is 2.53. The summed E-state index contributed by atoms with van der Waals surface area (Å²) in [7, 11) is 1.69. The van der Waals surface area contributed by atoms with E-state index in [-0.39, 0.29) is 16.2 Å². The SMILES string of the molecule is CN(Cc1cccnc1)C(=O)c1ccc(Cl)nc1Cl. The third kappa shape index (κ3) is 3.43. The molecule has 0 saturated heterocycles. The summed E-state index contributed by atoms with van der Waals surface area (Å²) in [6, 6.07) is 6.83. The molecule has 0 aliphatic carbocycles. The molecule has 0 saturated carbocycles. The number of rotatable bonds is 3. The minimum absolute atomic E-state index is 0.107. The maximum absolute atomic E-state index is 12.2. The number of hydrogen-bond donors (Lipinski definition) is 0. The van der Waals surface area contributed by atoms with Crippen LogP contribution in [0.1, 0.15) is 15.9 Å². The molecule has 0 spiro atoms. The van der Waals surface area contributed by atoms with Crippen LogP contribution in [0, 0.1) is 0 Å². The van der Waals surface area contributed by atoms with Crippen LogP contribution in [-0.2, 0) is 6.54 Å². The van der Waals surface area contributed by atoms with Gasteiger partial charge in [0.2, 0.25) is 0 Å². The van der Waals surface area contributed by atoms with Crippen LogP contribution in [0.3, 0.4) is 0 Å². The molecule has 0 aromatic carbocycles. The van der Waals surface area contributed by atoms with Gasteiger partial charge in [-0.2, -0.15) is 0 Å². The van der Waals surface area contributed by atoms with E-state index in [1.807, 2.05) is 12.1 Å². The van der Waals surface area contributed by atoms with Crippen LogP contribution in [0.15, 0.2) is 36.7 Å². The monoisotopic (exact) mass is 295 g/mol. The average Bonchev–Trinajstić information content (AvgIpc) is 2.39. The molecule has 0 bridgehead atoms. The van der Waals surface area contributed by atoms with E-state index in [1.165, 1.54) is 0 Å². The van der Waals surface area contributed by atoms with E-state index >= 15 is 0 Å². The zero-order chi connectivity index (χ0) is 13.8. The number of amides is 1. The van der Waals surface area contributed by atoms with Crippen LogP contribution >= 0.6 is 23.2 Å². The van der Waals surface area contributed by atoms with E-state index in [0.717, 1.165) is 5.56 Å². The second-order valence-electron chi connectivity index (χ2n) is 3.99. The van der Waals surface area contributed by atoms with Gasteiger partial charge in [-0.1, -0.05) is 29.3 Å². The number of nitrogens with zero attached hydrogens (tertiary/aromatic N) is 3. The number of aromatic nitrogens is 2. The van der Waals surface area contributed by atoms with Crippen LogP contribution in [0.2, 0.25) is 10.3 Å². The van der Waals surface area contributed by atoms with Crippen molar-refractivity contribution in [1.29, 1.82) is 0 Å². The summed E-state index contributed by atoms with van der Waals surface area (Å²) in [6.07, 6.45) is 3.40. The number of hydrogen-bond acceptors (Lipinski definition) is 3. The quantitative estimate of drug-likeness (QED) is 0.818. The van der Waals surface area contributed by atoms with E-state index < -0.39 is 0 Å². The van der Waals surface area contributed by atoms with E-state index in [4.69, 9.17) is 23.2 Å². The summed E-state index contributed by atoms with van der Waals surface area (Å²) in [5.74, 6) is -0.210. The van der Waals surface area contributed by atoms with Crippen LogP contribution < -0.4 is 0 Å². The molecule has 0 fully saturated rings. The summed E-state index contributed by atoms with van der Waals surface area (Å²) < 4.78 is 0. The Bertz CT molecular complexity index is 590. The molecule has 0 atom stereocenters. The third-order valence-corrected chi connectivity index (χ3v) is 3.03. The minimum atomic E-state index is -0.210. The van der Waals surface area contributed by atoms with Gasteiger partial charge in [0.05, 0.1) is 5.56 Å². The van der Waals surface area contributed by atoms with Crippen molar-refractivity contribution in [2.45, 2.75) is 6.54 Å². The van der Waals surface area contributed by atoms with E-state index in [0.29, 0.717) is 12.1 Å². The van der Waals surface area contributed by atoms with Crippen LogP contribution in [0.5, 0.6) is 0 Å². The van der Waals surface area contributed by atoms with Crippen molar-refractivity contribution in [2.75, 3.05) is 7.05 Å². The smallest absolute Gasteiger partial charge is 0.257 e. The molecular formula is C13H11Cl2N3O. The van der Waals surface area contributed by atoms with E-state index in [1.54, 1.807) is 36.5 Å². The van der Waals surface area contributed by atoms with Gasteiger partial charge in [0.1, 0.15) is 10.3 Å². The fourth-order valence-corrected chi connectivity index (χ4v) is 2.04. The Kier molecular flexibility index (Phi) is 4.35. The molecule has 0 aliphatic rings. The molecule has 98 valence electrons.